The fourth-order valence-corrected chi connectivity index (χ4v) is 1.58. The van der Waals surface area contributed by atoms with E-state index >= 15 is 0 Å². The molecule has 2 aromatic rings. The highest BCUT2D eigenvalue weighted by Gasteiger charge is 2.08. The molecule has 1 aromatic carbocycles. The Kier molecular flexibility index (Phi) is 2.12. The summed E-state index contributed by atoms with van der Waals surface area (Å²) in [7, 11) is 0. The number of hydrogen-bond donors (Lipinski definition) is 0. The van der Waals surface area contributed by atoms with E-state index < -0.39 is 0 Å². The number of aromatic nitrogens is 1. The summed E-state index contributed by atoms with van der Waals surface area (Å²) in [4.78, 5) is 0. The zero-order chi connectivity index (χ0) is 10.1. The minimum absolute atomic E-state index is 0.874. The van der Waals surface area contributed by atoms with Gasteiger partial charge in [-0.2, -0.15) is 0 Å². The summed E-state index contributed by atoms with van der Waals surface area (Å²) in [5, 5.41) is 3.79. The molecule has 0 aliphatic rings. The van der Waals surface area contributed by atoms with Crippen molar-refractivity contribution in [2.24, 2.45) is 0 Å². The van der Waals surface area contributed by atoms with Gasteiger partial charge in [0.15, 0.2) is 0 Å². The average Bonchev–Trinajstić information content (AvgIpc) is 2.56. The SMILES string of the molecule is Cc1ccc(C)c(-c2cnoc2C)c1. The second kappa shape index (κ2) is 3.29. The highest BCUT2D eigenvalue weighted by atomic mass is 16.5. The third-order valence-electron chi connectivity index (χ3n) is 2.43. The predicted octanol–water partition coefficient (Wildman–Crippen LogP) is 3.27. The molecule has 0 N–H and O–H groups in total. The predicted molar refractivity (Wildman–Crippen MR) is 56.2 cm³/mol. The summed E-state index contributed by atoms with van der Waals surface area (Å²) < 4.78 is 5.06. The quantitative estimate of drug-likeness (QED) is 0.684. The molecule has 1 heterocycles. The molecule has 1 aromatic heterocycles. The van der Waals surface area contributed by atoms with Crippen LogP contribution in [0.1, 0.15) is 16.9 Å². The summed E-state index contributed by atoms with van der Waals surface area (Å²) in [6.07, 6.45) is 1.77. The van der Waals surface area contributed by atoms with Gasteiger partial charge in [0.25, 0.3) is 0 Å². The molecule has 0 unspecified atom stereocenters. The first kappa shape index (κ1) is 9.00. The number of benzene rings is 1. The minimum Gasteiger partial charge on any atom is -0.361 e. The molecule has 14 heavy (non-hydrogen) atoms. The second-order valence-corrected chi connectivity index (χ2v) is 3.61. The fourth-order valence-electron chi connectivity index (χ4n) is 1.58. The van der Waals surface area contributed by atoms with Crippen LogP contribution in [0, 0.1) is 20.8 Å². The molecule has 2 heteroatoms. The fraction of sp³-hybridized carbons (Fsp3) is 0.250. The molecule has 0 atom stereocenters. The minimum atomic E-state index is 0.874. The van der Waals surface area contributed by atoms with Crippen molar-refractivity contribution in [3.63, 3.8) is 0 Å². The van der Waals surface area contributed by atoms with E-state index in [-0.39, 0.29) is 0 Å². The van der Waals surface area contributed by atoms with Crippen LogP contribution in [0.15, 0.2) is 28.9 Å². The zero-order valence-electron chi connectivity index (χ0n) is 8.66. The molecule has 2 nitrogen and oxygen atoms in total. The zero-order valence-corrected chi connectivity index (χ0v) is 8.66. The second-order valence-electron chi connectivity index (χ2n) is 3.61. The van der Waals surface area contributed by atoms with E-state index in [0.29, 0.717) is 0 Å². The van der Waals surface area contributed by atoms with E-state index in [4.69, 9.17) is 4.52 Å². The third kappa shape index (κ3) is 1.43. The standard InChI is InChI=1S/C12H13NO/c1-8-4-5-9(2)11(6-8)12-7-13-14-10(12)3/h4-7H,1-3H3. The number of hydrogen-bond acceptors (Lipinski definition) is 2. The molecule has 72 valence electrons. The Morgan fingerprint density at radius 1 is 1.07 bits per heavy atom. The van der Waals surface area contributed by atoms with Crippen molar-refractivity contribution in [2.75, 3.05) is 0 Å². The van der Waals surface area contributed by atoms with Crippen LogP contribution in [0.3, 0.4) is 0 Å². The van der Waals surface area contributed by atoms with Crippen molar-refractivity contribution in [3.8, 4) is 11.1 Å². The van der Waals surface area contributed by atoms with Gasteiger partial charge in [0.05, 0.1) is 6.20 Å². The molecule has 0 bridgehead atoms. The Hall–Kier alpha value is -1.57. The molecule has 0 saturated heterocycles. The molecule has 0 fully saturated rings. The first-order valence-corrected chi connectivity index (χ1v) is 4.67. The van der Waals surface area contributed by atoms with Gasteiger partial charge in [-0.15, -0.1) is 0 Å². The molecule has 0 saturated carbocycles. The van der Waals surface area contributed by atoms with E-state index in [0.717, 1.165) is 11.3 Å². The van der Waals surface area contributed by atoms with Gasteiger partial charge in [-0.25, -0.2) is 0 Å². The number of rotatable bonds is 1. The van der Waals surface area contributed by atoms with Crippen LogP contribution in [-0.4, -0.2) is 5.16 Å². The Morgan fingerprint density at radius 2 is 1.86 bits per heavy atom. The molecule has 0 radical (unpaired) electrons. The van der Waals surface area contributed by atoms with Gasteiger partial charge in [0, 0.05) is 5.56 Å². The van der Waals surface area contributed by atoms with Gasteiger partial charge in [-0.1, -0.05) is 28.9 Å². The maximum absolute atomic E-state index is 5.06. The van der Waals surface area contributed by atoms with E-state index in [2.05, 4.69) is 37.2 Å². The third-order valence-corrected chi connectivity index (χ3v) is 2.43. The van der Waals surface area contributed by atoms with Crippen molar-refractivity contribution in [3.05, 3.63) is 41.3 Å². The number of nitrogens with zero attached hydrogens (tertiary/aromatic N) is 1. The first-order chi connectivity index (χ1) is 6.68. The molecule has 0 spiro atoms. The monoisotopic (exact) mass is 187 g/mol. The molecule has 0 aliphatic heterocycles. The smallest absolute Gasteiger partial charge is 0.141 e. The highest BCUT2D eigenvalue weighted by molar-refractivity contribution is 5.68. The lowest BCUT2D eigenvalue weighted by molar-refractivity contribution is 0.398. The normalized spacial score (nSPS) is 10.5. The van der Waals surface area contributed by atoms with E-state index in [9.17, 15) is 0 Å². The first-order valence-electron chi connectivity index (χ1n) is 4.67. The Balaban J connectivity index is 2.62. The average molecular weight is 187 g/mol. The van der Waals surface area contributed by atoms with Crippen molar-refractivity contribution < 1.29 is 4.52 Å². The van der Waals surface area contributed by atoms with Gasteiger partial charge < -0.3 is 4.52 Å². The molecule has 0 aliphatic carbocycles. The van der Waals surface area contributed by atoms with Crippen LogP contribution in [0.2, 0.25) is 0 Å². The van der Waals surface area contributed by atoms with E-state index in [1.165, 1.54) is 16.7 Å². The summed E-state index contributed by atoms with van der Waals surface area (Å²) in [5.41, 5.74) is 4.81. The molecular weight excluding hydrogens is 174 g/mol. The van der Waals surface area contributed by atoms with Crippen molar-refractivity contribution in [2.45, 2.75) is 20.8 Å². The van der Waals surface area contributed by atoms with Crippen LogP contribution >= 0.6 is 0 Å². The Labute approximate surface area is 83.5 Å². The lowest BCUT2D eigenvalue weighted by atomic mass is 9.99. The van der Waals surface area contributed by atoms with Crippen molar-refractivity contribution >= 4 is 0 Å². The van der Waals surface area contributed by atoms with Crippen LogP contribution in [-0.2, 0) is 0 Å². The maximum atomic E-state index is 5.06. The van der Waals surface area contributed by atoms with Gasteiger partial charge >= 0.3 is 0 Å². The van der Waals surface area contributed by atoms with Gasteiger partial charge in [0.1, 0.15) is 5.76 Å². The molecular formula is C12H13NO. The van der Waals surface area contributed by atoms with Crippen LogP contribution in [0.4, 0.5) is 0 Å². The van der Waals surface area contributed by atoms with E-state index in [1.54, 1.807) is 6.20 Å². The molecule has 2 rings (SSSR count). The largest absolute Gasteiger partial charge is 0.361 e. The van der Waals surface area contributed by atoms with Crippen LogP contribution in [0.25, 0.3) is 11.1 Å². The molecule has 0 amide bonds. The topological polar surface area (TPSA) is 26.0 Å². The lowest BCUT2D eigenvalue weighted by Gasteiger charge is -2.04. The van der Waals surface area contributed by atoms with Gasteiger partial charge in [-0.05, 0) is 31.9 Å². The van der Waals surface area contributed by atoms with Crippen LogP contribution in [0.5, 0.6) is 0 Å². The van der Waals surface area contributed by atoms with Crippen molar-refractivity contribution in [1.29, 1.82) is 0 Å². The lowest BCUT2D eigenvalue weighted by Crippen LogP contribution is -1.84. The number of aryl methyl sites for hydroxylation is 3. The van der Waals surface area contributed by atoms with Crippen molar-refractivity contribution in [1.82, 2.24) is 5.16 Å². The maximum Gasteiger partial charge on any atom is 0.141 e. The highest BCUT2D eigenvalue weighted by Crippen LogP contribution is 2.26. The van der Waals surface area contributed by atoms with E-state index in [1.807, 2.05) is 6.92 Å². The summed E-state index contributed by atoms with van der Waals surface area (Å²) in [6, 6.07) is 6.40. The summed E-state index contributed by atoms with van der Waals surface area (Å²) in [5.74, 6) is 0.874. The Bertz CT molecular complexity index is 457. The summed E-state index contributed by atoms with van der Waals surface area (Å²) in [6.45, 7) is 6.12. The van der Waals surface area contributed by atoms with Gasteiger partial charge in [0.2, 0.25) is 0 Å². The Morgan fingerprint density at radius 3 is 2.50 bits per heavy atom. The van der Waals surface area contributed by atoms with Gasteiger partial charge in [-0.3, -0.25) is 0 Å². The summed E-state index contributed by atoms with van der Waals surface area (Å²) >= 11 is 0. The van der Waals surface area contributed by atoms with Crippen LogP contribution < -0.4 is 0 Å².